The van der Waals surface area contributed by atoms with Crippen LogP contribution in [0.1, 0.15) is 0 Å². The van der Waals surface area contributed by atoms with Gasteiger partial charge in [0.25, 0.3) is 0 Å². The van der Waals surface area contributed by atoms with Crippen LogP contribution in [0.3, 0.4) is 0 Å². The van der Waals surface area contributed by atoms with E-state index in [4.69, 9.17) is 8.83 Å². The fraction of sp³-hybridized carbons (Fsp3) is 0. The number of fused-ring (bicyclic) bond motifs is 13. The molecule has 0 fully saturated rings. The van der Waals surface area contributed by atoms with Gasteiger partial charge in [-0.05, 0) is 159 Å². The second-order valence-electron chi connectivity index (χ2n) is 20.9. The van der Waals surface area contributed by atoms with Gasteiger partial charge >= 0.3 is 0 Å². The van der Waals surface area contributed by atoms with Crippen molar-refractivity contribution in [2.24, 2.45) is 0 Å². The standard InChI is InChI=1S/C76H44O2S/c1-3-17-45(18-4-1)47-33-37-66-62(41-47)64-43-49(35-39-68(64)77-66)71-51-21-7-11-25-55(51)73(56-26-12-8-22-52(56)71)59-29-16-32-70-75(59)61-31-15-30-60(76(61)79-70)74-57-27-13-9-23-53(57)72(54-24-10-14-28-58(54)74)50-36-40-69-65(44-50)63-42-48(34-38-67(63)78-69)46-19-5-2-6-20-46/h1-44H. The van der Waals surface area contributed by atoms with Crippen LogP contribution < -0.4 is 0 Å². The molecule has 14 aromatic carbocycles. The summed E-state index contributed by atoms with van der Waals surface area (Å²) in [6, 6.07) is 97.8. The highest BCUT2D eigenvalue weighted by molar-refractivity contribution is 7.26. The van der Waals surface area contributed by atoms with Gasteiger partial charge < -0.3 is 8.83 Å². The van der Waals surface area contributed by atoms with Crippen LogP contribution in [0.25, 0.3) is 174 Å². The van der Waals surface area contributed by atoms with E-state index in [1.165, 1.54) is 130 Å². The van der Waals surface area contributed by atoms with Gasteiger partial charge in [0.15, 0.2) is 0 Å². The number of furan rings is 2. The molecule has 2 nitrogen and oxygen atoms in total. The number of benzene rings is 14. The van der Waals surface area contributed by atoms with Crippen molar-refractivity contribution in [1.82, 2.24) is 0 Å². The van der Waals surface area contributed by atoms with Crippen molar-refractivity contribution in [3.05, 3.63) is 267 Å². The first-order valence-electron chi connectivity index (χ1n) is 27.0. The summed E-state index contributed by atoms with van der Waals surface area (Å²) < 4.78 is 15.5. The van der Waals surface area contributed by atoms with Gasteiger partial charge in [-0.1, -0.05) is 212 Å². The molecular weight excluding hydrogens is 977 g/mol. The molecule has 0 aliphatic heterocycles. The number of thiophene rings is 1. The lowest BCUT2D eigenvalue weighted by atomic mass is 9.84. The summed E-state index contributed by atoms with van der Waals surface area (Å²) in [4.78, 5) is 0. The third kappa shape index (κ3) is 6.70. The average molecular weight is 1020 g/mol. The van der Waals surface area contributed by atoms with Crippen molar-refractivity contribution in [2.45, 2.75) is 0 Å². The molecule has 0 unspecified atom stereocenters. The highest BCUT2D eigenvalue weighted by Gasteiger charge is 2.24. The predicted octanol–water partition coefficient (Wildman–Crippen LogP) is 22.5. The molecule has 0 spiro atoms. The van der Waals surface area contributed by atoms with Gasteiger partial charge in [-0.15, -0.1) is 11.3 Å². The normalized spacial score (nSPS) is 12.1. The molecule has 0 atom stereocenters. The average Bonchev–Trinajstić information content (AvgIpc) is 4.43. The monoisotopic (exact) mass is 1020 g/mol. The van der Waals surface area contributed by atoms with Crippen LogP contribution in [0.15, 0.2) is 276 Å². The van der Waals surface area contributed by atoms with Crippen molar-refractivity contribution in [3.8, 4) is 66.8 Å². The predicted molar refractivity (Wildman–Crippen MR) is 337 cm³/mol. The Balaban J connectivity index is 0.855. The number of hydrogen-bond donors (Lipinski definition) is 0. The van der Waals surface area contributed by atoms with E-state index in [2.05, 4.69) is 267 Å². The number of hydrogen-bond acceptors (Lipinski definition) is 3. The summed E-state index contributed by atoms with van der Waals surface area (Å²) in [5, 5.41) is 16.8. The molecule has 0 radical (unpaired) electrons. The van der Waals surface area contributed by atoms with Gasteiger partial charge in [-0.25, -0.2) is 0 Å². The highest BCUT2D eigenvalue weighted by Crippen LogP contribution is 2.52. The topological polar surface area (TPSA) is 26.3 Å². The SMILES string of the molecule is c1ccc(-c2ccc3oc4ccc(-c5c6ccccc6c(-c6cccc7c6sc6cccc(-c8c9ccccc9c(-c9ccc%10oc%11ccc(-c%12ccccc%12)cc%11c%10c9)c9ccccc89)c67)c6ccccc56)cc4c3c2)cc1. The summed E-state index contributed by atoms with van der Waals surface area (Å²) >= 11 is 1.91. The van der Waals surface area contributed by atoms with Gasteiger partial charge in [0, 0.05) is 47.3 Å². The Bertz CT molecular complexity index is 5250. The van der Waals surface area contributed by atoms with Crippen LogP contribution in [-0.2, 0) is 0 Å². The molecule has 3 aromatic heterocycles. The van der Waals surface area contributed by atoms with E-state index in [1.54, 1.807) is 0 Å². The van der Waals surface area contributed by atoms with E-state index in [1.807, 2.05) is 11.3 Å². The van der Waals surface area contributed by atoms with Gasteiger partial charge in [0.05, 0.1) is 0 Å². The molecule has 0 saturated carbocycles. The second kappa shape index (κ2) is 17.2. The van der Waals surface area contributed by atoms with Crippen molar-refractivity contribution < 1.29 is 8.83 Å². The molecule has 17 rings (SSSR count). The number of rotatable bonds is 6. The third-order valence-electron chi connectivity index (χ3n) is 16.7. The van der Waals surface area contributed by atoms with Gasteiger partial charge in [0.2, 0.25) is 0 Å². The minimum Gasteiger partial charge on any atom is -0.456 e. The quantitative estimate of drug-likeness (QED) is 0.155. The minimum atomic E-state index is 0.889. The van der Waals surface area contributed by atoms with Crippen LogP contribution in [0.5, 0.6) is 0 Å². The molecule has 3 heterocycles. The first-order valence-corrected chi connectivity index (χ1v) is 27.9. The fourth-order valence-electron chi connectivity index (χ4n) is 13.2. The van der Waals surface area contributed by atoms with Crippen molar-refractivity contribution in [2.75, 3.05) is 0 Å². The van der Waals surface area contributed by atoms with E-state index < -0.39 is 0 Å². The maximum Gasteiger partial charge on any atom is 0.135 e. The van der Waals surface area contributed by atoms with E-state index in [9.17, 15) is 0 Å². The molecule has 3 heteroatoms. The zero-order chi connectivity index (χ0) is 51.7. The maximum atomic E-state index is 6.49. The van der Waals surface area contributed by atoms with E-state index in [0.717, 1.165) is 43.9 Å². The first-order chi connectivity index (χ1) is 39.2. The summed E-state index contributed by atoms with van der Waals surface area (Å²) in [6.45, 7) is 0. The largest absolute Gasteiger partial charge is 0.456 e. The summed E-state index contributed by atoms with van der Waals surface area (Å²) in [7, 11) is 0. The van der Waals surface area contributed by atoms with E-state index >= 15 is 0 Å². The Morgan fingerprint density at radius 2 is 0.544 bits per heavy atom. The Morgan fingerprint density at radius 1 is 0.215 bits per heavy atom. The van der Waals surface area contributed by atoms with Crippen LogP contribution in [0, 0.1) is 0 Å². The van der Waals surface area contributed by atoms with Crippen LogP contribution in [-0.4, -0.2) is 0 Å². The maximum absolute atomic E-state index is 6.49. The molecule has 0 amide bonds. The molecule has 0 N–H and O–H groups in total. The second-order valence-corrected chi connectivity index (χ2v) is 22.0. The van der Waals surface area contributed by atoms with E-state index in [0.29, 0.717) is 0 Å². The van der Waals surface area contributed by atoms with Crippen LogP contribution >= 0.6 is 11.3 Å². The van der Waals surface area contributed by atoms with Crippen LogP contribution in [0.4, 0.5) is 0 Å². The van der Waals surface area contributed by atoms with Gasteiger partial charge in [0.1, 0.15) is 22.3 Å². The Kier molecular flexibility index (Phi) is 9.62. The lowest BCUT2D eigenvalue weighted by molar-refractivity contribution is 0.668. The molecule has 0 aliphatic rings. The molecular formula is C76H44O2S. The molecule has 0 saturated heterocycles. The Hall–Kier alpha value is -10.1. The zero-order valence-electron chi connectivity index (χ0n) is 42.6. The fourth-order valence-corrected chi connectivity index (χ4v) is 14.4. The zero-order valence-corrected chi connectivity index (χ0v) is 43.4. The van der Waals surface area contributed by atoms with E-state index in [-0.39, 0.29) is 0 Å². The summed E-state index contributed by atoms with van der Waals surface area (Å²) in [5.74, 6) is 0. The summed E-state index contributed by atoms with van der Waals surface area (Å²) in [6.07, 6.45) is 0. The molecule has 17 aromatic rings. The first kappa shape index (κ1) is 44.1. The smallest absolute Gasteiger partial charge is 0.135 e. The minimum absolute atomic E-state index is 0.889. The van der Waals surface area contributed by atoms with Gasteiger partial charge in [-0.3, -0.25) is 0 Å². The van der Waals surface area contributed by atoms with Crippen molar-refractivity contribution in [3.63, 3.8) is 0 Å². The third-order valence-corrected chi connectivity index (χ3v) is 17.9. The Labute approximate surface area is 458 Å². The molecule has 366 valence electrons. The van der Waals surface area contributed by atoms with Gasteiger partial charge in [-0.2, -0.15) is 0 Å². The Morgan fingerprint density at radius 3 is 0.975 bits per heavy atom. The lowest BCUT2D eigenvalue weighted by Gasteiger charge is -2.19. The van der Waals surface area contributed by atoms with Crippen LogP contribution in [0.2, 0.25) is 0 Å². The highest BCUT2D eigenvalue weighted by atomic mass is 32.1. The van der Waals surface area contributed by atoms with Crippen molar-refractivity contribution >= 4 is 118 Å². The lowest BCUT2D eigenvalue weighted by Crippen LogP contribution is -1.91. The molecule has 79 heavy (non-hydrogen) atoms. The molecule has 0 bridgehead atoms. The summed E-state index contributed by atoms with van der Waals surface area (Å²) in [5.41, 5.74) is 18.1. The van der Waals surface area contributed by atoms with Crippen molar-refractivity contribution in [1.29, 1.82) is 0 Å². The molecule has 0 aliphatic carbocycles.